The van der Waals surface area contributed by atoms with Gasteiger partial charge in [-0.1, -0.05) is 5.16 Å². The van der Waals surface area contributed by atoms with Crippen molar-refractivity contribution in [2.45, 2.75) is 33.5 Å². The van der Waals surface area contributed by atoms with Gasteiger partial charge in [-0.2, -0.15) is 0 Å². The van der Waals surface area contributed by atoms with Crippen molar-refractivity contribution in [3.05, 3.63) is 59.5 Å². The van der Waals surface area contributed by atoms with Crippen LogP contribution < -0.4 is 10.1 Å². The van der Waals surface area contributed by atoms with Crippen molar-refractivity contribution in [3.8, 4) is 5.75 Å². The number of nitrogens with one attached hydrogen (secondary N) is 2. The van der Waals surface area contributed by atoms with Crippen molar-refractivity contribution in [1.29, 1.82) is 0 Å². The zero-order valence-corrected chi connectivity index (χ0v) is 17.6. The molecule has 1 aromatic carbocycles. The lowest BCUT2D eigenvalue weighted by Gasteiger charge is -2.13. The topological polar surface area (TPSA) is 145 Å². The molecule has 1 atom stereocenters. The van der Waals surface area contributed by atoms with Gasteiger partial charge in [0.05, 0.1) is 23.1 Å². The Kier molecular flexibility index (Phi) is 5.79. The molecule has 0 aliphatic carbocycles. The van der Waals surface area contributed by atoms with Gasteiger partial charge in [0, 0.05) is 0 Å². The number of aryl methyl sites for hydroxylation is 2. The quantitative estimate of drug-likeness (QED) is 0.418. The summed E-state index contributed by atoms with van der Waals surface area (Å²) in [7, 11) is 0. The van der Waals surface area contributed by atoms with Crippen LogP contribution in [0.5, 0.6) is 5.75 Å². The number of rotatable bonds is 7. The molecule has 0 bridgehead atoms. The number of imidazole rings is 1. The van der Waals surface area contributed by atoms with Gasteiger partial charge in [0.1, 0.15) is 30.0 Å². The van der Waals surface area contributed by atoms with E-state index < -0.39 is 18.0 Å². The third-order valence-corrected chi connectivity index (χ3v) is 4.77. The number of H-pyrrole nitrogens is 1. The number of carbonyl (C=O) groups excluding carboxylic acids is 2. The molecule has 11 nitrogen and oxygen atoms in total. The highest BCUT2D eigenvalue weighted by Gasteiger charge is 2.21. The van der Waals surface area contributed by atoms with E-state index >= 15 is 0 Å². The van der Waals surface area contributed by atoms with Crippen LogP contribution in [-0.2, 0) is 16.1 Å². The fourth-order valence-electron chi connectivity index (χ4n) is 2.91. The molecule has 164 valence electrons. The van der Waals surface area contributed by atoms with Gasteiger partial charge >= 0.3 is 5.97 Å². The second kappa shape index (κ2) is 8.84. The maximum atomic E-state index is 12.4. The molecule has 1 amide bonds. The van der Waals surface area contributed by atoms with Crippen molar-refractivity contribution in [1.82, 2.24) is 25.1 Å². The Bertz CT molecular complexity index is 1240. The molecule has 32 heavy (non-hydrogen) atoms. The third kappa shape index (κ3) is 4.41. The summed E-state index contributed by atoms with van der Waals surface area (Å²) in [4.78, 5) is 39.7. The van der Waals surface area contributed by atoms with Gasteiger partial charge in [-0.05, 0) is 45.0 Å². The lowest BCUT2D eigenvalue weighted by molar-refractivity contribution is -0.123. The number of aromatic amines is 1. The minimum atomic E-state index is -1.05. The first-order valence-corrected chi connectivity index (χ1v) is 9.73. The first-order chi connectivity index (χ1) is 15.4. The normalized spacial score (nSPS) is 11.8. The van der Waals surface area contributed by atoms with Crippen molar-refractivity contribution in [3.63, 3.8) is 0 Å². The molecule has 4 aromatic rings. The molecule has 0 saturated heterocycles. The molecule has 0 spiro atoms. The summed E-state index contributed by atoms with van der Waals surface area (Å²) in [6.45, 7) is 5.43. The van der Waals surface area contributed by atoms with Gasteiger partial charge in [-0.15, -0.1) is 0 Å². The van der Waals surface area contributed by atoms with Crippen LogP contribution in [0.25, 0.3) is 11.2 Å². The molecule has 4 rings (SSSR count). The van der Waals surface area contributed by atoms with E-state index in [2.05, 4.69) is 30.4 Å². The number of ether oxygens (including phenoxy) is 2. The molecular formula is C21H20N6O5. The van der Waals surface area contributed by atoms with Gasteiger partial charge in [0.15, 0.2) is 17.6 Å². The van der Waals surface area contributed by atoms with Crippen LogP contribution in [-0.4, -0.2) is 43.1 Å². The molecule has 0 saturated carbocycles. The van der Waals surface area contributed by atoms with Crippen LogP contribution in [0.4, 0.5) is 5.82 Å². The van der Waals surface area contributed by atoms with Gasteiger partial charge in [0.25, 0.3) is 5.91 Å². The number of amides is 1. The second-order valence-electron chi connectivity index (χ2n) is 6.98. The Balaban J connectivity index is 1.33. The number of hydrogen-bond acceptors (Lipinski definition) is 9. The average molecular weight is 436 g/mol. The van der Waals surface area contributed by atoms with E-state index in [1.54, 1.807) is 24.3 Å². The van der Waals surface area contributed by atoms with Crippen molar-refractivity contribution >= 4 is 28.9 Å². The summed E-state index contributed by atoms with van der Waals surface area (Å²) in [5.74, 6) is 0.344. The Labute approximate surface area is 182 Å². The Morgan fingerprint density at radius 3 is 2.66 bits per heavy atom. The number of carbonyl (C=O) groups is 2. The molecule has 3 aromatic heterocycles. The number of anilines is 1. The van der Waals surface area contributed by atoms with Crippen LogP contribution in [0.2, 0.25) is 0 Å². The van der Waals surface area contributed by atoms with Gasteiger partial charge in [-0.25, -0.2) is 19.7 Å². The second-order valence-corrected chi connectivity index (χ2v) is 6.98. The van der Waals surface area contributed by atoms with Crippen LogP contribution in [0, 0.1) is 13.8 Å². The number of aromatic nitrogens is 5. The van der Waals surface area contributed by atoms with Crippen molar-refractivity contribution in [2.75, 3.05) is 5.32 Å². The predicted octanol–water partition coefficient (Wildman–Crippen LogP) is 2.72. The minimum absolute atomic E-state index is 0.250. The highest BCUT2D eigenvalue weighted by Crippen LogP contribution is 2.19. The summed E-state index contributed by atoms with van der Waals surface area (Å²) in [6, 6.07) is 6.42. The first kappa shape index (κ1) is 21.0. The molecule has 0 aliphatic heterocycles. The maximum Gasteiger partial charge on any atom is 0.338 e. The summed E-state index contributed by atoms with van der Waals surface area (Å²) < 4.78 is 16.1. The van der Waals surface area contributed by atoms with Crippen LogP contribution in [0.1, 0.15) is 34.3 Å². The molecule has 1 unspecified atom stereocenters. The van der Waals surface area contributed by atoms with E-state index in [4.69, 9.17) is 14.0 Å². The number of hydrogen-bond donors (Lipinski definition) is 2. The van der Waals surface area contributed by atoms with Crippen molar-refractivity contribution < 1.29 is 23.6 Å². The fraction of sp³-hybridized carbons (Fsp3) is 0.238. The molecule has 11 heteroatoms. The maximum absolute atomic E-state index is 12.4. The summed E-state index contributed by atoms with van der Waals surface area (Å²) >= 11 is 0. The Morgan fingerprint density at radius 1 is 1.16 bits per heavy atom. The number of benzene rings is 1. The summed E-state index contributed by atoms with van der Waals surface area (Å²) in [5.41, 5.74) is 2.82. The zero-order chi connectivity index (χ0) is 22.7. The molecule has 0 aliphatic rings. The summed E-state index contributed by atoms with van der Waals surface area (Å²) in [6.07, 6.45) is 1.68. The van der Waals surface area contributed by atoms with Crippen molar-refractivity contribution in [2.24, 2.45) is 0 Å². The standard InChI is InChI=1S/C21H20N6O5/c1-11-16(12(2)32-27-11)8-30-15-6-4-14(5-7-15)21(29)31-13(3)20(28)26-19-17-18(23-9-22-17)24-10-25-19/h4-7,9-10,13H,8H2,1-3H3,(H2,22,23,24,25,26,28). The number of fused-ring (bicyclic) bond motifs is 1. The van der Waals surface area contributed by atoms with Gasteiger partial charge in [0.2, 0.25) is 0 Å². The molecule has 0 radical (unpaired) electrons. The first-order valence-electron chi connectivity index (χ1n) is 9.73. The monoisotopic (exact) mass is 436 g/mol. The number of nitrogens with zero attached hydrogens (tertiary/aromatic N) is 4. The smallest absolute Gasteiger partial charge is 0.338 e. The van der Waals surface area contributed by atoms with E-state index in [1.165, 1.54) is 19.6 Å². The van der Waals surface area contributed by atoms with E-state index in [0.29, 0.717) is 29.3 Å². The van der Waals surface area contributed by atoms with Gasteiger partial charge in [-0.3, -0.25) is 4.79 Å². The van der Waals surface area contributed by atoms with Crippen LogP contribution in [0.3, 0.4) is 0 Å². The van der Waals surface area contributed by atoms with E-state index in [1.807, 2.05) is 13.8 Å². The minimum Gasteiger partial charge on any atom is -0.489 e. The van der Waals surface area contributed by atoms with Gasteiger partial charge < -0.3 is 24.3 Å². The number of esters is 1. The van der Waals surface area contributed by atoms with E-state index in [-0.39, 0.29) is 11.4 Å². The van der Waals surface area contributed by atoms with Crippen LogP contribution in [0.15, 0.2) is 41.4 Å². The van der Waals surface area contributed by atoms with Crippen LogP contribution >= 0.6 is 0 Å². The Hall–Kier alpha value is -4.28. The molecular weight excluding hydrogens is 416 g/mol. The Morgan fingerprint density at radius 2 is 1.94 bits per heavy atom. The third-order valence-electron chi connectivity index (χ3n) is 4.77. The van der Waals surface area contributed by atoms with E-state index in [9.17, 15) is 9.59 Å². The zero-order valence-electron chi connectivity index (χ0n) is 17.6. The van der Waals surface area contributed by atoms with E-state index in [0.717, 1.165) is 11.3 Å². The highest BCUT2D eigenvalue weighted by molar-refractivity contribution is 6.00. The lowest BCUT2D eigenvalue weighted by Crippen LogP contribution is -2.30. The average Bonchev–Trinajstić information content (AvgIpc) is 3.39. The fourth-order valence-corrected chi connectivity index (χ4v) is 2.91. The summed E-state index contributed by atoms with van der Waals surface area (Å²) in [5, 5.41) is 6.49. The molecule has 3 heterocycles. The SMILES string of the molecule is Cc1noc(C)c1COc1ccc(C(=O)OC(C)C(=O)Nc2ncnc3nc[nH]c23)cc1. The lowest BCUT2D eigenvalue weighted by atomic mass is 10.2. The largest absolute Gasteiger partial charge is 0.489 e. The molecule has 0 fully saturated rings. The highest BCUT2D eigenvalue weighted by atomic mass is 16.5. The molecule has 2 N–H and O–H groups in total. The predicted molar refractivity (Wildman–Crippen MR) is 112 cm³/mol.